The number of amides is 2. The fourth-order valence-corrected chi connectivity index (χ4v) is 3.82. The van der Waals surface area contributed by atoms with Gasteiger partial charge in [-0.25, -0.2) is 4.98 Å². The van der Waals surface area contributed by atoms with Crippen molar-refractivity contribution in [2.45, 2.75) is 18.9 Å². The molecule has 1 atom stereocenters. The van der Waals surface area contributed by atoms with E-state index in [2.05, 4.69) is 22.4 Å². The monoisotopic (exact) mass is 430 g/mol. The standard InChI is InChI=1S/C25H26N4O3/c1-28-14-6-9-22(28)24(30)26-13-12-20(15-18-7-4-3-5-8-18)29(2)25(31)19-10-11-21-23(16-19)32-17-27-21/h3-11,14,16-17,20H,12-13,15H2,1-2H3,(H,26,30)/t20-/m1/s1. The Kier molecular flexibility index (Phi) is 6.35. The molecule has 0 radical (unpaired) electrons. The van der Waals surface area contributed by atoms with Gasteiger partial charge < -0.3 is 19.2 Å². The van der Waals surface area contributed by atoms with Crippen LogP contribution in [0.2, 0.25) is 0 Å². The summed E-state index contributed by atoms with van der Waals surface area (Å²) in [6.45, 7) is 0.459. The van der Waals surface area contributed by atoms with Gasteiger partial charge in [0, 0.05) is 38.4 Å². The Labute approximate surface area is 186 Å². The molecule has 32 heavy (non-hydrogen) atoms. The van der Waals surface area contributed by atoms with Gasteiger partial charge in [0.05, 0.1) is 0 Å². The van der Waals surface area contributed by atoms with Gasteiger partial charge >= 0.3 is 0 Å². The minimum absolute atomic E-state index is 0.0935. The Morgan fingerprint density at radius 3 is 2.69 bits per heavy atom. The average molecular weight is 431 g/mol. The zero-order valence-electron chi connectivity index (χ0n) is 18.2. The number of fused-ring (bicyclic) bond motifs is 1. The van der Waals surface area contributed by atoms with Gasteiger partial charge in [0.15, 0.2) is 12.0 Å². The summed E-state index contributed by atoms with van der Waals surface area (Å²) in [4.78, 5) is 31.6. The van der Waals surface area contributed by atoms with E-state index >= 15 is 0 Å². The third-order valence-corrected chi connectivity index (χ3v) is 5.70. The molecule has 7 nitrogen and oxygen atoms in total. The highest BCUT2D eigenvalue weighted by Crippen LogP contribution is 2.18. The first kappa shape index (κ1) is 21.4. The molecule has 4 aromatic rings. The van der Waals surface area contributed by atoms with E-state index in [9.17, 15) is 9.59 Å². The van der Waals surface area contributed by atoms with Crippen molar-refractivity contribution >= 4 is 22.9 Å². The number of aromatic nitrogens is 2. The predicted molar refractivity (Wildman–Crippen MR) is 122 cm³/mol. The molecular formula is C25H26N4O3. The highest BCUT2D eigenvalue weighted by Gasteiger charge is 2.22. The Balaban J connectivity index is 1.48. The molecule has 164 valence electrons. The van der Waals surface area contributed by atoms with Crippen LogP contribution in [-0.2, 0) is 13.5 Å². The van der Waals surface area contributed by atoms with Crippen molar-refractivity contribution in [1.82, 2.24) is 19.8 Å². The van der Waals surface area contributed by atoms with Crippen molar-refractivity contribution in [1.29, 1.82) is 0 Å². The molecule has 2 aromatic carbocycles. The second-order valence-corrected chi connectivity index (χ2v) is 7.84. The summed E-state index contributed by atoms with van der Waals surface area (Å²) in [7, 11) is 3.64. The smallest absolute Gasteiger partial charge is 0.267 e. The highest BCUT2D eigenvalue weighted by molar-refractivity contribution is 5.97. The molecule has 0 aliphatic heterocycles. The molecule has 2 amide bonds. The molecule has 1 N–H and O–H groups in total. The summed E-state index contributed by atoms with van der Waals surface area (Å²) >= 11 is 0. The first-order chi connectivity index (χ1) is 15.5. The van der Waals surface area contributed by atoms with Crippen LogP contribution in [0.15, 0.2) is 77.7 Å². The molecule has 4 rings (SSSR count). The normalized spacial score (nSPS) is 11.9. The number of likely N-dealkylation sites (N-methyl/N-ethyl adjacent to an activating group) is 1. The molecule has 0 fully saturated rings. The number of oxazole rings is 1. The van der Waals surface area contributed by atoms with Crippen molar-refractivity contribution in [2.75, 3.05) is 13.6 Å². The summed E-state index contributed by atoms with van der Waals surface area (Å²) in [5.74, 6) is -0.223. The first-order valence-corrected chi connectivity index (χ1v) is 10.6. The molecule has 0 saturated heterocycles. The summed E-state index contributed by atoms with van der Waals surface area (Å²) in [6.07, 6.45) is 4.52. The quantitative estimate of drug-likeness (QED) is 0.463. The minimum atomic E-state index is -0.124. The second-order valence-electron chi connectivity index (χ2n) is 7.84. The fourth-order valence-electron chi connectivity index (χ4n) is 3.82. The number of rotatable bonds is 8. The second kappa shape index (κ2) is 9.51. The number of hydrogen-bond donors (Lipinski definition) is 1. The van der Waals surface area contributed by atoms with Crippen LogP contribution in [0.25, 0.3) is 11.1 Å². The fraction of sp³-hybridized carbons (Fsp3) is 0.240. The molecule has 0 spiro atoms. The summed E-state index contributed by atoms with van der Waals surface area (Å²) in [5, 5.41) is 2.98. The SMILES string of the molecule is CN(C(=O)c1ccc2ncoc2c1)[C@H](CCNC(=O)c1cccn1C)Cc1ccccc1. The van der Waals surface area contributed by atoms with Crippen molar-refractivity contribution < 1.29 is 14.0 Å². The van der Waals surface area contributed by atoms with Gasteiger partial charge in [0.2, 0.25) is 0 Å². The van der Waals surface area contributed by atoms with E-state index in [0.717, 1.165) is 5.56 Å². The van der Waals surface area contributed by atoms with E-state index in [-0.39, 0.29) is 17.9 Å². The molecule has 0 aliphatic rings. The minimum Gasteiger partial charge on any atom is -0.443 e. The number of benzene rings is 2. The van der Waals surface area contributed by atoms with Gasteiger partial charge in [-0.2, -0.15) is 0 Å². The van der Waals surface area contributed by atoms with Crippen LogP contribution in [-0.4, -0.2) is 45.9 Å². The van der Waals surface area contributed by atoms with Crippen LogP contribution in [0, 0.1) is 0 Å². The number of aryl methyl sites for hydroxylation is 1. The van der Waals surface area contributed by atoms with E-state index < -0.39 is 0 Å². The lowest BCUT2D eigenvalue weighted by atomic mass is 10.0. The van der Waals surface area contributed by atoms with Crippen LogP contribution in [0.1, 0.15) is 32.8 Å². The molecule has 0 aliphatic carbocycles. The van der Waals surface area contributed by atoms with Gasteiger partial charge in [-0.3, -0.25) is 9.59 Å². The van der Waals surface area contributed by atoms with Crippen molar-refractivity contribution in [3.05, 3.63) is 90.1 Å². The number of nitrogens with one attached hydrogen (secondary N) is 1. The first-order valence-electron chi connectivity index (χ1n) is 10.6. The zero-order valence-corrected chi connectivity index (χ0v) is 18.2. The predicted octanol–water partition coefficient (Wildman–Crippen LogP) is 3.67. The number of carbonyl (C=O) groups excluding carboxylic acids is 2. The molecule has 2 heterocycles. The lowest BCUT2D eigenvalue weighted by Crippen LogP contribution is -2.41. The van der Waals surface area contributed by atoms with Crippen LogP contribution < -0.4 is 5.32 Å². The molecule has 0 unspecified atom stereocenters. The van der Waals surface area contributed by atoms with Crippen molar-refractivity contribution in [3.63, 3.8) is 0 Å². The summed E-state index contributed by atoms with van der Waals surface area (Å²) in [5.41, 5.74) is 3.58. The van der Waals surface area contributed by atoms with E-state index in [1.807, 2.05) is 37.5 Å². The maximum absolute atomic E-state index is 13.2. The number of hydrogen-bond acceptors (Lipinski definition) is 4. The number of nitrogens with zero attached hydrogens (tertiary/aromatic N) is 3. The highest BCUT2D eigenvalue weighted by atomic mass is 16.3. The Bertz CT molecular complexity index is 1210. The third-order valence-electron chi connectivity index (χ3n) is 5.70. The van der Waals surface area contributed by atoms with Crippen LogP contribution in [0.3, 0.4) is 0 Å². The van der Waals surface area contributed by atoms with E-state index in [1.54, 1.807) is 40.8 Å². The molecule has 2 aromatic heterocycles. The topological polar surface area (TPSA) is 80.4 Å². The van der Waals surface area contributed by atoms with Gasteiger partial charge in [-0.05, 0) is 48.7 Å². The molecule has 0 saturated carbocycles. The number of carbonyl (C=O) groups is 2. The Morgan fingerprint density at radius 1 is 1.12 bits per heavy atom. The summed E-state index contributed by atoms with van der Waals surface area (Å²) in [6, 6.07) is 18.8. The van der Waals surface area contributed by atoms with Gasteiger partial charge in [-0.15, -0.1) is 0 Å². The van der Waals surface area contributed by atoms with E-state index in [4.69, 9.17) is 4.42 Å². The maximum Gasteiger partial charge on any atom is 0.267 e. The maximum atomic E-state index is 13.2. The molecule has 0 bridgehead atoms. The van der Waals surface area contributed by atoms with Gasteiger partial charge in [0.25, 0.3) is 11.8 Å². The molecule has 7 heteroatoms. The molecular weight excluding hydrogens is 404 g/mol. The lowest BCUT2D eigenvalue weighted by Gasteiger charge is -2.29. The Hall–Kier alpha value is -3.87. The van der Waals surface area contributed by atoms with Crippen LogP contribution in [0.4, 0.5) is 0 Å². The Morgan fingerprint density at radius 2 is 1.94 bits per heavy atom. The van der Waals surface area contributed by atoms with E-state index in [1.165, 1.54) is 6.39 Å². The van der Waals surface area contributed by atoms with E-state index in [0.29, 0.717) is 41.7 Å². The third kappa shape index (κ3) is 4.72. The lowest BCUT2D eigenvalue weighted by molar-refractivity contribution is 0.0723. The van der Waals surface area contributed by atoms with Crippen molar-refractivity contribution in [3.8, 4) is 0 Å². The van der Waals surface area contributed by atoms with Crippen LogP contribution in [0.5, 0.6) is 0 Å². The van der Waals surface area contributed by atoms with Crippen molar-refractivity contribution in [2.24, 2.45) is 7.05 Å². The average Bonchev–Trinajstić information content (AvgIpc) is 3.46. The largest absolute Gasteiger partial charge is 0.443 e. The summed E-state index contributed by atoms with van der Waals surface area (Å²) < 4.78 is 7.13. The van der Waals surface area contributed by atoms with Gasteiger partial charge in [-0.1, -0.05) is 30.3 Å². The van der Waals surface area contributed by atoms with Gasteiger partial charge in [0.1, 0.15) is 11.2 Å². The van der Waals surface area contributed by atoms with Crippen LogP contribution >= 0.6 is 0 Å². The zero-order chi connectivity index (χ0) is 22.5.